The van der Waals surface area contributed by atoms with Crippen LogP contribution >= 0.6 is 45.8 Å². The van der Waals surface area contributed by atoms with Gasteiger partial charge in [-0.3, -0.25) is 39.0 Å². The number of benzene rings is 3. The van der Waals surface area contributed by atoms with E-state index >= 15 is 0 Å². The number of anilines is 4. The second-order valence-corrected chi connectivity index (χ2v) is 27.2. The number of para-hydroxylation sites is 1. The van der Waals surface area contributed by atoms with Crippen LogP contribution in [-0.2, 0) is 48.7 Å². The topological polar surface area (TPSA) is 263 Å². The Morgan fingerprint density at radius 2 is 1.01 bits per heavy atom. The van der Waals surface area contributed by atoms with E-state index in [1.807, 2.05) is 88.6 Å². The molecule has 3 N–H and O–H groups in total. The number of amides is 11. The monoisotopic (exact) mass is 1470 g/mol. The molecule has 3 aromatic carbocycles. The third-order valence-corrected chi connectivity index (χ3v) is 17.0. The summed E-state index contributed by atoms with van der Waals surface area (Å²) in [6.45, 7) is 24.4. The first-order chi connectivity index (χ1) is 44.7. The van der Waals surface area contributed by atoms with E-state index in [1.165, 1.54) is 36.4 Å². The third-order valence-electron chi connectivity index (χ3n) is 15.5. The summed E-state index contributed by atoms with van der Waals surface area (Å²) in [5.41, 5.74) is 4.07. The van der Waals surface area contributed by atoms with Crippen molar-refractivity contribution in [3.8, 4) is 5.75 Å². The molecule has 6 aliphatic heterocycles. The fraction of sp³-hybridized carbons (Fsp3) is 0.460. The minimum absolute atomic E-state index is 0.0166. The highest BCUT2D eigenvalue weighted by molar-refractivity contribution is 14.1. The Morgan fingerprint density at radius 1 is 0.579 bits per heavy atom. The number of ether oxygens (including phenoxy) is 3. The molecule has 3 fully saturated rings. The Balaban J connectivity index is 0.000000159. The normalized spacial score (nSPS) is 18.1. The molecular weight excluding hydrogens is 1390 g/mol. The van der Waals surface area contributed by atoms with E-state index in [0.717, 1.165) is 51.7 Å². The van der Waals surface area contributed by atoms with Gasteiger partial charge in [0.05, 0.1) is 118 Å². The SMILES string of the molecule is CN1CCNC1=O.C[C@H]1Cn2ncc(I)c2CN1C(=O)OC(C)(C)C.C[C@H]1Cn2ncc(N3CCN(C)C3=O)c2CN1C(=O)Nc1ccc(F)c(Cl)c1.C[C@H]1Cn2ncc(N3CCN(C)C3=O)c2CN1C(=O)OC(C)(C)C.O=C(Nc1ccc(F)c(Cl)c1)Oc1ccccc1. The quantitative estimate of drug-likeness (QED) is 0.136. The number of carbonyl (C=O) groups is 7. The molecule has 11 amide bonds. The van der Waals surface area contributed by atoms with Crippen molar-refractivity contribution in [3.05, 3.63) is 128 Å². The maximum Gasteiger partial charge on any atom is 0.417 e. The molecule has 12 rings (SSSR count). The number of aromatic nitrogens is 6. The summed E-state index contributed by atoms with van der Waals surface area (Å²) in [4.78, 5) is 97.5. The van der Waals surface area contributed by atoms with Gasteiger partial charge in [-0.05, 0) is 133 Å². The zero-order valence-corrected chi connectivity index (χ0v) is 58.7. The third kappa shape index (κ3) is 18.6. The van der Waals surface area contributed by atoms with Crippen LogP contribution in [0.4, 0.5) is 65.1 Å². The van der Waals surface area contributed by atoms with Crippen LogP contribution in [0.3, 0.4) is 0 Å². The second-order valence-electron chi connectivity index (χ2n) is 25.2. The molecule has 0 bridgehead atoms. The summed E-state index contributed by atoms with van der Waals surface area (Å²) in [5, 5.41) is 20.8. The molecule has 3 atom stereocenters. The van der Waals surface area contributed by atoms with Crippen molar-refractivity contribution in [1.29, 1.82) is 0 Å². The highest BCUT2D eigenvalue weighted by Crippen LogP contribution is 2.33. The summed E-state index contributed by atoms with van der Waals surface area (Å²) >= 11 is 13.6. The van der Waals surface area contributed by atoms with Gasteiger partial charge in [-0.15, -0.1) is 0 Å². The standard InChI is InChI=1S/C18H20ClFN6O2.C16H25N5O3.C13H9ClFNO2.C12H18IN3O2.C4H8N2O/c1-11-9-26-16(15(8-21-26)24-6-5-23(2)18(24)28)10-25(11)17(27)22-12-3-4-14(20)13(19)7-12;1-11-9-21-13(10-20(11)15(23)24-16(2,3)4)12(8-17-21)19-7-6-18(5)14(19)22;14-11-8-9(6-7-12(11)15)16-13(17)18-10-4-2-1-3-5-10;1-8-6-16-10(9(13)5-14-16)7-15(8)11(17)18-12(2,3)4;1-6-3-2-5-4(6)7/h3-4,7-8,11H,5-6,9-10H2,1-2H3,(H,22,27);8,11H,6-7,9-10H2,1-5H3;1-8H,(H,16,17);5,8H,6-7H2,1-4H3;2-3H2,1H3,(H,5,7)/t2*11-;;8-;/m00.0./s1. The number of rotatable bonds is 5. The van der Waals surface area contributed by atoms with Crippen LogP contribution in [0.5, 0.6) is 5.75 Å². The van der Waals surface area contributed by atoms with E-state index in [4.69, 9.17) is 37.4 Å². The molecule has 95 heavy (non-hydrogen) atoms. The van der Waals surface area contributed by atoms with Gasteiger partial charge in [0.1, 0.15) is 28.6 Å². The summed E-state index contributed by atoms with van der Waals surface area (Å²) in [7, 11) is 5.32. The van der Waals surface area contributed by atoms with Crippen LogP contribution in [0.2, 0.25) is 10.0 Å². The Morgan fingerprint density at radius 3 is 1.42 bits per heavy atom. The molecule has 27 nitrogen and oxygen atoms in total. The van der Waals surface area contributed by atoms with E-state index in [2.05, 4.69) is 53.8 Å². The van der Waals surface area contributed by atoms with Gasteiger partial charge in [-0.25, -0.2) is 42.3 Å². The zero-order chi connectivity index (χ0) is 69.4. The lowest BCUT2D eigenvalue weighted by atomic mass is 10.2. The Bertz CT molecular complexity index is 3770. The molecule has 9 heterocycles. The zero-order valence-electron chi connectivity index (χ0n) is 55.0. The summed E-state index contributed by atoms with van der Waals surface area (Å²) in [6.07, 6.45) is 3.99. The van der Waals surface area contributed by atoms with Gasteiger partial charge < -0.3 is 44.4 Å². The minimum Gasteiger partial charge on any atom is -0.444 e. The van der Waals surface area contributed by atoms with E-state index in [-0.39, 0.29) is 64.5 Å². The van der Waals surface area contributed by atoms with E-state index in [9.17, 15) is 42.3 Å². The number of halogens is 5. The van der Waals surface area contributed by atoms with E-state index in [0.29, 0.717) is 76.0 Å². The molecule has 6 aromatic rings. The Kier molecular flexibility index (Phi) is 23.4. The Hall–Kier alpha value is -8.65. The molecule has 0 spiro atoms. The predicted molar refractivity (Wildman–Crippen MR) is 362 cm³/mol. The molecule has 3 aromatic heterocycles. The van der Waals surface area contributed by atoms with Gasteiger partial charge in [0.15, 0.2) is 0 Å². The summed E-state index contributed by atoms with van der Waals surface area (Å²) < 4.78 is 49.0. The van der Waals surface area contributed by atoms with Crippen molar-refractivity contribution in [2.45, 2.75) is 131 Å². The van der Waals surface area contributed by atoms with Crippen molar-refractivity contribution >= 4 is 111 Å². The average molecular weight is 1470 g/mol. The van der Waals surface area contributed by atoms with Crippen LogP contribution in [0.1, 0.15) is 79.4 Å². The van der Waals surface area contributed by atoms with Gasteiger partial charge in [0.2, 0.25) is 0 Å². The number of urea groups is 4. The van der Waals surface area contributed by atoms with Crippen molar-refractivity contribution in [1.82, 2.24) is 64.1 Å². The highest BCUT2D eigenvalue weighted by atomic mass is 127. The minimum atomic E-state index is -0.663. The molecule has 512 valence electrons. The first kappa shape index (κ1) is 72.2. The number of hydrogen-bond donors (Lipinski definition) is 3. The summed E-state index contributed by atoms with van der Waals surface area (Å²) in [6, 6.07) is 16.1. The van der Waals surface area contributed by atoms with Crippen LogP contribution in [-0.4, -0.2) is 191 Å². The van der Waals surface area contributed by atoms with Gasteiger partial charge in [0.25, 0.3) is 0 Å². The largest absolute Gasteiger partial charge is 0.444 e. The molecule has 6 aliphatic rings. The number of carbonyl (C=O) groups excluding carboxylic acids is 7. The lowest BCUT2D eigenvalue weighted by Crippen LogP contribution is -2.47. The van der Waals surface area contributed by atoms with Gasteiger partial charge in [-0.1, -0.05) is 41.4 Å². The van der Waals surface area contributed by atoms with E-state index in [1.54, 1.807) is 97.0 Å². The molecule has 0 unspecified atom stereocenters. The molecule has 0 saturated carbocycles. The number of nitrogens with one attached hydrogen (secondary N) is 3. The van der Waals surface area contributed by atoms with Crippen molar-refractivity contribution in [2.75, 3.05) is 80.8 Å². The molecule has 0 aliphatic carbocycles. The van der Waals surface area contributed by atoms with Gasteiger partial charge in [0, 0.05) is 71.8 Å². The van der Waals surface area contributed by atoms with E-state index < -0.39 is 28.9 Å². The predicted octanol–water partition coefficient (Wildman–Crippen LogP) is 11.2. The number of hydrogen-bond acceptors (Lipinski definition) is 13. The molecule has 3 saturated heterocycles. The fourth-order valence-corrected chi connectivity index (χ4v) is 11.3. The lowest BCUT2D eigenvalue weighted by Gasteiger charge is -2.35. The first-order valence-electron chi connectivity index (χ1n) is 30.6. The van der Waals surface area contributed by atoms with Crippen molar-refractivity contribution in [2.24, 2.45) is 0 Å². The van der Waals surface area contributed by atoms with Crippen molar-refractivity contribution in [3.63, 3.8) is 0 Å². The van der Waals surface area contributed by atoms with Crippen molar-refractivity contribution < 1.29 is 56.6 Å². The molecule has 32 heteroatoms. The number of nitrogens with zero attached hydrogens (tertiary/aromatic N) is 14. The second kappa shape index (κ2) is 30.8. The maximum absolute atomic E-state index is 13.3. The fourth-order valence-electron chi connectivity index (χ4n) is 10.4. The Labute approximate surface area is 573 Å². The van der Waals surface area contributed by atoms with Crippen LogP contribution in [0, 0.1) is 15.2 Å². The van der Waals surface area contributed by atoms with Gasteiger partial charge in [-0.2, -0.15) is 15.3 Å². The van der Waals surface area contributed by atoms with Gasteiger partial charge >= 0.3 is 42.4 Å². The molecular formula is C63H80Cl2F2IN17O10. The smallest absolute Gasteiger partial charge is 0.417 e. The highest BCUT2D eigenvalue weighted by Gasteiger charge is 2.38. The average Bonchev–Trinajstić information content (AvgIpc) is 1.65. The summed E-state index contributed by atoms with van der Waals surface area (Å²) in [5.74, 6) is -0.665. The number of fused-ring (bicyclic) bond motifs is 3. The molecule has 0 radical (unpaired) electrons. The number of likely N-dealkylation sites (N-methyl/N-ethyl adjacent to an activating group) is 3. The lowest BCUT2D eigenvalue weighted by molar-refractivity contribution is 0.00802. The van der Waals surface area contributed by atoms with Crippen LogP contribution < -0.4 is 30.5 Å². The van der Waals surface area contributed by atoms with Crippen LogP contribution in [0.25, 0.3) is 0 Å². The maximum atomic E-state index is 13.3. The first-order valence-corrected chi connectivity index (χ1v) is 32.4. The van der Waals surface area contributed by atoms with Crippen LogP contribution in [0.15, 0.2) is 85.3 Å².